The van der Waals surface area contributed by atoms with E-state index in [2.05, 4.69) is 49.7 Å². The summed E-state index contributed by atoms with van der Waals surface area (Å²) < 4.78 is 7.49. The Kier molecular flexibility index (Phi) is 4.60. The molecule has 110 valence electrons. The standard InChI is InChI=1S/C15H24N4O/c1-6-19-12(4)13(7-16-19)8-18(5)9-14-10-20-15(17-14)11(2)3/h7,10-11H,6,8-9H2,1-5H3. The third-order valence-corrected chi connectivity index (χ3v) is 3.44. The summed E-state index contributed by atoms with van der Waals surface area (Å²) in [6.45, 7) is 11.0. The van der Waals surface area contributed by atoms with E-state index in [1.165, 1.54) is 11.3 Å². The van der Waals surface area contributed by atoms with Crippen molar-refractivity contribution >= 4 is 0 Å². The summed E-state index contributed by atoms with van der Waals surface area (Å²) in [5.74, 6) is 1.14. The summed E-state index contributed by atoms with van der Waals surface area (Å²) in [6.07, 6.45) is 3.71. The van der Waals surface area contributed by atoms with Crippen LogP contribution in [0.15, 0.2) is 16.9 Å². The Balaban J connectivity index is 1.97. The molecule has 0 aliphatic heterocycles. The second kappa shape index (κ2) is 6.22. The minimum Gasteiger partial charge on any atom is -0.448 e. The lowest BCUT2D eigenvalue weighted by Crippen LogP contribution is -2.18. The molecule has 0 atom stereocenters. The molecule has 2 heterocycles. The zero-order chi connectivity index (χ0) is 14.7. The molecule has 0 aliphatic carbocycles. The van der Waals surface area contributed by atoms with Crippen LogP contribution in [0.25, 0.3) is 0 Å². The van der Waals surface area contributed by atoms with Crippen LogP contribution in [0.3, 0.4) is 0 Å². The van der Waals surface area contributed by atoms with Crippen molar-refractivity contribution in [3.8, 4) is 0 Å². The van der Waals surface area contributed by atoms with Gasteiger partial charge in [-0.1, -0.05) is 13.8 Å². The van der Waals surface area contributed by atoms with E-state index >= 15 is 0 Å². The molecule has 2 aromatic heterocycles. The van der Waals surface area contributed by atoms with Gasteiger partial charge >= 0.3 is 0 Å². The summed E-state index contributed by atoms with van der Waals surface area (Å²) >= 11 is 0. The number of aryl methyl sites for hydroxylation is 1. The van der Waals surface area contributed by atoms with Gasteiger partial charge in [-0.3, -0.25) is 9.58 Å². The minimum atomic E-state index is 0.332. The average Bonchev–Trinajstić information content (AvgIpc) is 2.98. The molecule has 0 unspecified atom stereocenters. The predicted octanol–water partition coefficient (Wildman–Crippen LogP) is 2.95. The van der Waals surface area contributed by atoms with E-state index < -0.39 is 0 Å². The molecule has 5 heteroatoms. The van der Waals surface area contributed by atoms with Crippen molar-refractivity contribution < 1.29 is 4.42 Å². The highest BCUT2D eigenvalue weighted by atomic mass is 16.3. The smallest absolute Gasteiger partial charge is 0.196 e. The molecule has 0 amide bonds. The normalized spacial score (nSPS) is 11.8. The number of aromatic nitrogens is 3. The maximum atomic E-state index is 5.47. The Morgan fingerprint density at radius 2 is 2.10 bits per heavy atom. The van der Waals surface area contributed by atoms with Crippen molar-refractivity contribution in [3.63, 3.8) is 0 Å². The van der Waals surface area contributed by atoms with Crippen molar-refractivity contribution in [3.05, 3.63) is 35.3 Å². The number of oxazole rings is 1. The summed E-state index contributed by atoms with van der Waals surface area (Å²) in [6, 6.07) is 0. The molecule has 0 bridgehead atoms. The van der Waals surface area contributed by atoms with Crippen LogP contribution in [0, 0.1) is 6.92 Å². The Morgan fingerprint density at radius 3 is 2.65 bits per heavy atom. The van der Waals surface area contributed by atoms with Gasteiger partial charge in [-0.25, -0.2) is 4.98 Å². The Labute approximate surface area is 120 Å². The van der Waals surface area contributed by atoms with E-state index in [1.54, 1.807) is 6.26 Å². The third-order valence-electron chi connectivity index (χ3n) is 3.44. The fourth-order valence-electron chi connectivity index (χ4n) is 2.24. The van der Waals surface area contributed by atoms with Crippen molar-refractivity contribution in [1.82, 2.24) is 19.7 Å². The van der Waals surface area contributed by atoms with Gasteiger partial charge in [0.15, 0.2) is 5.89 Å². The first-order valence-corrected chi connectivity index (χ1v) is 7.15. The SMILES string of the molecule is CCn1ncc(CN(C)Cc2coc(C(C)C)n2)c1C. The lowest BCUT2D eigenvalue weighted by Gasteiger charge is -2.14. The number of hydrogen-bond donors (Lipinski definition) is 0. The summed E-state index contributed by atoms with van der Waals surface area (Å²) in [5, 5.41) is 4.38. The average molecular weight is 276 g/mol. The first-order valence-electron chi connectivity index (χ1n) is 7.15. The van der Waals surface area contributed by atoms with Crippen molar-refractivity contribution in [2.24, 2.45) is 0 Å². The van der Waals surface area contributed by atoms with Crippen LogP contribution >= 0.6 is 0 Å². The zero-order valence-corrected chi connectivity index (χ0v) is 13.1. The van der Waals surface area contributed by atoms with Gasteiger partial charge in [-0.15, -0.1) is 0 Å². The molecule has 20 heavy (non-hydrogen) atoms. The maximum Gasteiger partial charge on any atom is 0.196 e. The monoisotopic (exact) mass is 276 g/mol. The quantitative estimate of drug-likeness (QED) is 0.814. The van der Waals surface area contributed by atoms with Crippen molar-refractivity contribution in [2.75, 3.05) is 7.05 Å². The Bertz CT molecular complexity index is 556. The molecule has 0 fully saturated rings. The molecule has 0 radical (unpaired) electrons. The molecule has 0 N–H and O–H groups in total. The molecular weight excluding hydrogens is 252 g/mol. The number of hydrogen-bond acceptors (Lipinski definition) is 4. The van der Waals surface area contributed by atoms with E-state index in [1.807, 2.05) is 10.9 Å². The second-order valence-corrected chi connectivity index (χ2v) is 5.58. The van der Waals surface area contributed by atoms with Gasteiger partial charge in [0.25, 0.3) is 0 Å². The van der Waals surface area contributed by atoms with Gasteiger partial charge in [0.1, 0.15) is 6.26 Å². The van der Waals surface area contributed by atoms with E-state index in [9.17, 15) is 0 Å². The fourth-order valence-corrected chi connectivity index (χ4v) is 2.24. The largest absolute Gasteiger partial charge is 0.448 e. The highest BCUT2D eigenvalue weighted by Gasteiger charge is 2.12. The molecule has 2 aromatic rings. The lowest BCUT2D eigenvalue weighted by molar-refractivity contribution is 0.314. The lowest BCUT2D eigenvalue weighted by atomic mass is 10.2. The van der Waals surface area contributed by atoms with Gasteiger partial charge in [0.2, 0.25) is 0 Å². The van der Waals surface area contributed by atoms with E-state index in [0.29, 0.717) is 5.92 Å². The van der Waals surface area contributed by atoms with Gasteiger partial charge < -0.3 is 4.42 Å². The predicted molar refractivity (Wildman–Crippen MR) is 78.4 cm³/mol. The van der Waals surface area contributed by atoms with Crippen LogP contribution in [0.5, 0.6) is 0 Å². The number of nitrogens with zero attached hydrogens (tertiary/aromatic N) is 4. The second-order valence-electron chi connectivity index (χ2n) is 5.58. The van der Waals surface area contributed by atoms with Crippen LogP contribution in [0.4, 0.5) is 0 Å². The first kappa shape index (κ1) is 14.8. The molecule has 0 spiro atoms. The van der Waals surface area contributed by atoms with Crippen LogP contribution in [-0.4, -0.2) is 26.7 Å². The molecule has 0 aromatic carbocycles. The highest BCUT2D eigenvalue weighted by molar-refractivity contribution is 5.16. The van der Waals surface area contributed by atoms with Crippen LogP contribution in [0.1, 0.15) is 49.5 Å². The first-order chi connectivity index (χ1) is 9.51. The van der Waals surface area contributed by atoms with Crippen LogP contribution in [0.2, 0.25) is 0 Å². The zero-order valence-electron chi connectivity index (χ0n) is 13.1. The number of rotatable bonds is 6. The Hall–Kier alpha value is -1.62. The molecule has 0 aliphatic rings. The van der Waals surface area contributed by atoms with Gasteiger partial charge in [0, 0.05) is 36.8 Å². The third kappa shape index (κ3) is 3.28. The molecule has 5 nitrogen and oxygen atoms in total. The fraction of sp³-hybridized carbons (Fsp3) is 0.600. The van der Waals surface area contributed by atoms with E-state index in [-0.39, 0.29) is 0 Å². The highest BCUT2D eigenvalue weighted by Crippen LogP contribution is 2.15. The van der Waals surface area contributed by atoms with Gasteiger partial charge in [0.05, 0.1) is 11.9 Å². The van der Waals surface area contributed by atoms with Crippen molar-refractivity contribution in [1.29, 1.82) is 0 Å². The van der Waals surface area contributed by atoms with E-state index in [4.69, 9.17) is 4.42 Å². The summed E-state index contributed by atoms with van der Waals surface area (Å²) in [5.41, 5.74) is 3.49. The van der Waals surface area contributed by atoms with Crippen LogP contribution < -0.4 is 0 Å². The summed E-state index contributed by atoms with van der Waals surface area (Å²) in [4.78, 5) is 6.73. The molecule has 2 rings (SSSR count). The van der Waals surface area contributed by atoms with Gasteiger partial charge in [-0.05, 0) is 20.9 Å². The Morgan fingerprint density at radius 1 is 1.35 bits per heavy atom. The van der Waals surface area contributed by atoms with Crippen LogP contribution in [-0.2, 0) is 19.6 Å². The van der Waals surface area contributed by atoms with Crippen molar-refractivity contribution in [2.45, 2.75) is 53.2 Å². The van der Waals surface area contributed by atoms with Gasteiger partial charge in [-0.2, -0.15) is 5.10 Å². The molecule has 0 saturated heterocycles. The topological polar surface area (TPSA) is 47.1 Å². The van der Waals surface area contributed by atoms with E-state index in [0.717, 1.165) is 31.2 Å². The summed E-state index contributed by atoms with van der Waals surface area (Å²) in [7, 11) is 2.09. The molecular formula is C15H24N4O. The molecule has 0 saturated carbocycles. The maximum absolute atomic E-state index is 5.47. The minimum absolute atomic E-state index is 0.332.